The second-order valence-electron chi connectivity index (χ2n) is 2.34. The minimum atomic E-state index is -3.84. The Bertz CT molecular complexity index is 442. The lowest BCUT2D eigenvalue weighted by molar-refractivity contribution is -0.143. The van der Waals surface area contributed by atoms with Gasteiger partial charge in [0.2, 0.25) is 0 Å². The Labute approximate surface area is 97.1 Å². The van der Waals surface area contributed by atoms with E-state index in [0.717, 1.165) is 6.42 Å². The van der Waals surface area contributed by atoms with Crippen molar-refractivity contribution in [1.29, 1.82) is 0 Å². The highest BCUT2D eigenvalue weighted by Gasteiger charge is 2.00. The molecule has 13 heavy (non-hydrogen) atoms. The largest absolute Gasteiger partial charge is 0.466 e. The van der Waals surface area contributed by atoms with Crippen molar-refractivity contribution in [3.63, 3.8) is 0 Å². The lowest BCUT2D eigenvalue weighted by Crippen LogP contribution is -2.05. The zero-order valence-electron chi connectivity index (χ0n) is 18.6. The molecule has 0 spiro atoms. The molecule has 2 heteroatoms. The van der Waals surface area contributed by atoms with Crippen molar-refractivity contribution in [3.05, 3.63) is 0 Å². The first-order valence-corrected chi connectivity index (χ1v) is 4.15. The van der Waals surface area contributed by atoms with Gasteiger partial charge in [-0.3, -0.25) is 4.79 Å². The van der Waals surface area contributed by atoms with Gasteiger partial charge in [0.15, 0.2) is 0 Å². The van der Waals surface area contributed by atoms with E-state index in [1.54, 1.807) is 0 Å². The van der Waals surface area contributed by atoms with Crippen LogP contribution in [0, 0.1) is 0 Å². The van der Waals surface area contributed by atoms with Crippen molar-refractivity contribution in [2.75, 3.05) is 6.61 Å². The van der Waals surface area contributed by atoms with E-state index in [1.165, 1.54) is 0 Å². The molecule has 0 unspecified atom stereocenters. The summed E-state index contributed by atoms with van der Waals surface area (Å²) < 4.78 is 86.2. The van der Waals surface area contributed by atoms with Crippen molar-refractivity contribution >= 4 is 5.97 Å². The SMILES string of the molecule is [2H]C([2H])([2H])C([2H])([2H])C([2H])([2H])C([2H])([2H])C([2H])([2H])C(=O)OCCCCC. The van der Waals surface area contributed by atoms with Gasteiger partial charge in [-0.05, 0) is 12.8 Å². The number of ether oxygens (including phenoxy) is 1. The molecule has 0 aromatic rings. The van der Waals surface area contributed by atoms with Crippen molar-refractivity contribution < 1.29 is 24.6 Å². The molecule has 0 bridgehead atoms. The summed E-state index contributed by atoms with van der Waals surface area (Å²) in [6.45, 7) is -1.88. The van der Waals surface area contributed by atoms with Crippen LogP contribution in [0.15, 0.2) is 0 Å². The number of hydrogen-bond donors (Lipinski definition) is 0. The van der Waals surface area contributed by atoms with E-state index >= 15 is 0 Å². The third-order valence-electron chi connectivity index (χ3n) is 1.27. The van der Waals surface area contributed by atoms with E-state index in [9.17, 15) is 4.79 Å². The molecular formula is C11H22O2. The minimum Gasteiger partial charge on any atom is -0.466 e. The standard InChI is InChI=1S/C11H22O2/c1-3-5-7-9-11(12)13-10-8-6-4-2/h3-10H2,1-2H3/i1D3,3D2,5D2,7D2,9D2. The van der Waals surface area contributed by atoms with Gasteiger partial charge >= 0.3 is 5.97 Å². The number of unbranched alkanes of at least 4 members (excludes halogenated alkanes) is 2. The molecule has 0 aliphatic rings. The van der Waals surface area contributed by atoms with E-state index in [2.05, 4.69) is 4.74 Å². The van der Waals surface area contributed by atoms with Gasteiger partial charge in [-0.1, -0.05) is 39.4 Å². The summed E-state index contributed by atoms with van der Waals surface area (Å²) >= 11 is 0. The summed E-state index contributed by atoms with van der Waals surface area (Å²) in [6, 6.07) is 0. The van der Waals surface area contributed by atoms with Gasteiger partial charge < -0.3 is 4.74 Å². The normalized spacial score (nSPS) is 27.9. The molecule has 0 amide bonds. The third-order valence-corrected chi connectivity index (χ3v) is 1.27. The second kappa shape index (κ2) is 9.56. The average Bonchev–Trinajstić information content (AvgIpc) is 2.41. The van der Waals surface area contributed by atoms with E-state index < -0.39 is 38.3 Å². The molecule has 0 aliphatic carbocycles. The summed E-state index contributed by atoms with van der Waals surface area (Å²) in [4.78, 5) is 11.8. The molecule has 0 aromatic carbocycles. The van der Waals surface area contributed by atoms with Gasteiger partial charge in [-0.25, -0.2) is 0 Å². The first kappa shape index (κ1) is 3.25. The maximum atomic E-state index is 11.8. The van der Waals surface area contributed by atoms with Gasteiger partial charge in [-0.2, -0.15) is 0 Å². The quantitative estimate of drug-likeness (QED) is 0.441. The molecule has 0 heterocycles. The molecule has 0 saturated heterocycles. The Morgan fingerprint density at radius 2 is 2.31 bits per heavy atom. The van der Waals surface area contributed by atoms with Gasteiger partial charge in [0, 0.05) is 21.5 Å². The van der Waals surface area contributed by atoms with Crippen molar-refractivity contribution in [2.45, 2.75) is 58.5 Å². The van der Waals surface area contributed by atoms with Crippen LogP contribution in [-0.4, -0.2) is 12.6 Å². The summed E-state index contributed by atoms with van der Waals surface area (Å²) in [5, 5.41) is 0. The molecule has 0 fully saturated rings. The lowest BCUT2D eigenvalue weighted by Gasteiger charge is -2.03. The van der Waals surface area contributed by atoms with Crippen LogP contribution in [0.25, 0.3) is 0 Å². The molecule has 0 saturated carbocycles. The fourth-order valence-corrected chi connectivity index (χ4v) is 0.667. The van der Waals surface area contributed by atoms with E-state index in [-0.39, 0.29) is 6.61 Å². The fourth-order valence-electron chi connectivity index (χ4n) is 0.667. The van der Waals surface area contributed by atoms with Crippen molar-refractivity contribution in [2.24, 2.45) is 0 Å². The Morgan fingerprint density at radius 1 is 1.46 bits per heavy atom. The Kier molecular flexibility index (Phi) is 2.39. The molecular weight excluding hydrogens is 164 g/mol. The molecule has 0 N–H and O–H groups in total. The van der Waals surface area contributed by atoms with E-state index in [1.807, 2.05) is 6.92 Å². The summed E-state index contributed by atoms with van der Waals surface area (Å²) in [5.41, 5.74) is 0. The van der Waals surface area contributed by atoms with Crippen molar-refractivity contribution in [3.8, 4) is 0 Å². The van der Waals surface area contributed by atoms with Crippen LogP contribution in [-0.2, 0) is 9.53 Å². The van der Waals surface area contributed by atoms with E-state index in [4.69, 9.17) is 15.1 Å². The van der Waals surface area contributed by atoms with E-state index in [0.29, 0.717) is 12.8 Å². The smallest absolute Gasteiger partial charge is 0.305 e. The van der Waals surface area contributed by atoms with Gasteiger partial charge in [0.1, 0.15) is 0 Å². The van der Waals surface area contributed by atoms with Gasteiger partial charge in [0.05, 0.1) is 6.61 Å². The number of esters is 1. The highest BCUT2D eigenvalue weighted by Crippen LogP contribution is 2.01. The predicted molar refractivity (Wildman–Crippen MR) is 54.6 cm³/mol. The number of hydrogen-bond acceptors (Lipinski definition) is 2. The van der Waals surface area contributed by atoms with Crippen LogP contribution >= 0.6 is 0 Å². The number of carbonyl (C=O) groups excluding carboxylic acids is 1. The topological polar surface area (TPSA) is 26.3 Å². The summed E-state index contributed by atoms with van der Waals surface area (Å²) in [7, 11) is 0. The summed E-state index contributed by atoms with van der Waals surface area (Å²) in [6.07, 6.45) is -13.1. The van der Waals surface area contributed by atoms with Crippen LogP contribution < -0.4 is 0 Å². The monoisotopic (exact) mass is 197 g/mol. The number of rotatable bonds is 8. The van der Waals surface area contributed by atoms with Crippen LogP contribution in [0.3, 0.4) is 0 Å². The molecule has 2 nitrogen and oxygen atoms in total. The zero-order chi connectivity index (χ0) is 19.6. The number of carbonyl (C=O) groups is 1. The lowest BCUT2D eigenvalue weighted by atomic mass is 10.2. The van der Waals surface area contributed by atoms with Crippen LogP contribution in [0.1, 0.15) is 73.6 Å². The average molecular weight is 197 g/mol. The molecule has 0 radical (unpaired) electrons. The van der Waals surface area contributed by atoms with Crippen molar-refractivity contribution in [1.82, 2.24) is 0 Å². The first-order valence-electron chi connectivity index (χ1n) is 9.65. The molecule has 0 rings (SSSR count). The Balaban J connectivity index is 5.56. The second-order valence-corrected chi connectivity index (χ2v) is 2.34. The van der Waals surface area contributed by atoms with Gasteiger partial charge in [0.25, 0.3) is 0 Å². The Morgan fingerprint density at radius 3 is 3.00 bits per heavy atom. The highest BCUT2D eigenvalue weighted by atomic mass is 16.5. The Hall–Kier alpha value is -0.530. The van der Waals surface area contributed by atoms with Crippen LogP contribution in [0.4, 0.5) is 0 Å². The first-order chi connectivity index (χ1) is 10.5. The summed E-state index contributed by atoms with van der Waals surface area (Å²) in [5.74, 6) is -1.70. The molecule has 78 valence electrons. The van der Waals surface area contributed by atoms with Gasteiger partial charge in [-0.15, -0.1) is 0 Å². The molecule has 0 atom stereocenters. The van der Waals surface area contributed by atoms with Crippen LogP contribution in [0.2, 0.25) is 0 Å². The predicted octanol–water partition coefficient (Wildman–Crippen LogP) is 3.30. The third kappa shape index (κ3) is 9.38. The maximum absolute atomic E-state index is 11.8. The minimum absolute atomic E-state index is 0.197. The zero-order valence-corrected chi connectivity index (χ0v) is 7.64. The molecule has 0 aliphatic heterocycles. The maximum Gasteiger partial charge on any atom is 0.305 e. The highest BCUT2D eigenvalue weighted by molar-refractivity contribution is 5.69. The van der Waals surface area contributed by atoms with Crippen LogP contribution in [0.5, 0.6) is 0 Å². The fraction of sp³-hybridized carbons (Fsp3) is 0.909. The molecule has 0 aromatic heterocycles.